The zero-order valence-corrected chi connectivity index (χ0v) is 29.3. The zero-order valence-electron chi connectivity index (χ0n) is 28.5. The van der Waals surface area contributed by atoms with Gasteiger partial charge in [0.25, 0.3) is 0 Å². The van der Waals surface area contributed by atoms with Crippen molar-refractivity contribution in [2.45, 2.75) is 38.8 Å². The molecule has 50 heavy (non-hydrogen) atoms. The van der Waals surface area contributed by atoms with Gasteiger partial charge < -0.3 is 4.90 Å². The van der Waals surface area contributed by atoms with E-state index in [1.165, 1.54) is 5.56 Å². The second kappa shape index (κ2) is 14.5. The second-order valence-corrected chi connectivity index (χ2v) is 12.8. The van der Waals surface area contributed by atoms with Crippen LogP contribution in [0.2, 0.25) is 5.02 Å². The van der Waals surface area contributed by atoms with Crippen LogP contribution >= 0.6 is 11.6 Å². The smallest absolute Gasteiger partial charge is 0.205 e. The third-order valence-electron chi connectivity index (χ3n) is 9.31. The highest BCUT2D eigenvalue weighted by Crippen LogP contribution is 2.40. The number of rotatable bonds is 11. The maximum Gasteiger partial charge on any atom is 0.205 e. The van der Waals surface area contributed by atoms with Gasteiger partial charge in [-0.15, -0.1) is 15.0 Å². The SMILES string of the molecule is CCc1cc(N(C)Cc2ccc(-c3ccccc3-c3nnn(C(c4ccccc4)(c4ccccc4)c4ccccc4)n3)cc2)c(Cl)c(CC)n1. The summed E-state index contributed by atoms with van der Waals surface area (Å²) in [6.45, 7) is 4.93. The van der Waals surface area contributed by atoms with Crippen molar-refractivity contribution < 1.29 is 0 Å². The average Bonchev–Trinajstić information content (AvgIpc) is 3.67. The molecule has 7 heteroatoms. The first-order valence-corrected chi connectivity index (χ1v) is 17.5. The van der Waals surface area contributed by atoms with Crippen LogP contribution in [0.4, 0.5) is 5.69 Å². The van der Waals surface area contributed by atoms with Gasteiger partial charge in [-0.2, -0.15) is 0 Å². The van der Waals surface area contributed by atoms with Gasteiger partial charge in [0.15, 0.2) is 5.54 Å². The highest BCUT2D eigenvalue weighted by molar-refractivity contribution is 6.33. The molecule has 0 N–H and O–H groups in total. The van der Waals surface area contributed by atoms with Crippen molar-refractivity contribution in [3.8, 4) is 22.5 Å². The number of aromatic nitrogens is 5. The lowest BCUT2D eigenvalue weighted by Gasteiger charge is -2.34. The van der Waals surface area contributed by atoms with E-state index < -0.39 is 5.54 Å². The van der Waals surface area contributed by atoms with E-state index in [1.54, 1.807) is 4.80 Å². The molecule has 0 radical (unpaired) electrons. The molecule has 5 aromatic carbocycles. The monoisotopic (exact) mass is 674 g/mol. The van der Waals surface area contributed by atoms with Gasteiger partial charge in [-0.05, 0) is 57.5 Å². The number of pyridine rings is 1. The van der Waals surface area contributed by atoms with Crippen LogP contribution in [0.5, 0.6) is 0 Å². The lowest BCUT2D eigenvalue weighted by molar-refractivity contribution is 0.396. The maximum absolute atomic E-state index is 6.79. The molecule has 0 aliphatic carbocycles. The number of halogens is 1. The van der Waals surface area contributed by atoms with E-state index in [2.05, 4.69) is 147 Å². The van der Waals surface area contributed by atoms with Gasteiger partial charge in [0.1, 0.15) is 0 Å². The molecule has 248 valence electrons. The van der Waals surface area contributed by atoms with E-state index in [1.807, 2.05) is 24.3 Å². The molecular formula is C43H39ClN6. The predicted molar refractivity (Wildman–Crippen MR) is 203 cm³/mol. The molecule has 0 amide bonds. The fraction of sp³-hybridized carbons (Fsp3) is 0.163. The van der Waals surface area contributed by atoms with Gasteiger partial charge >= 0.3 is 0 Å². The molecule has 0 bridgehead atoms. The minimum Gasteiger partial charge on any atom is -0.369 e. The second-order valence-electron chi connectivity index (χ2n) is 12.4. The summed E-state index contributed by atoms with van der Waals surface area (Å²) in [5.41, 5.74) is 9.50. The lowest BCUT2D eigenvalue weighted by Crippen LogP contribution is -2.39. The Bertz CT molecular complexity index is 2080. The molecular weight excluding hydrogens is 636 g/mol. The summed E-state index contributed by atoms with van der Waals surface area (Å²) in [5.74, 6) is 0.558. The molecule has 0 aliphatic rings. The number of aryl methyl sites for hydroxylation is 2. The summed E-state index contributed by atoms with van der Waals surface area (Å²) in [5, 5.41) is 15.4. The van der Waals surface area contributed by atoms with Crippen molar-refractivity contribution in [1.82, 2.24) is 25.2 Å². The summed E-state index contributed by atoms with van der Waals surface area (Å²) in [6.07, 6.45) is 1.67. The Labute approximate surface area is 299 Å². The van der Waals surface area contributed by atoms with Gasteiger partial charge in [0, 0.05) is 24.8 Å². The number of benzene rings is 5. The van der Waals surface area contributed by atoms with Crippen LogP contribution in [0, 0.1) is 0 Å². The molecule has 0 unspecified atom stereocenters. The molecule has 2 aromatic heterocycles. The van der Waals surface area contributed by atoms with Gasteiger partial charge in [0.2, 0.25) is 5.82 Å². The fourth-order valence-electron chi connectivity index (χ4n) is 6.74. The molecule has 7 rings (SSSR count). The van der Waals surface area contributed by atoms with Crippen LogP contribution in [-0.2, 0) is 24.9 Å². The Morgan fingerprint density at radius 3 is 1.74 bits per heavy atom. The molecule has 0 spiro atoms. The molecule has 0 fully saturated rings. The third-order valence-corrected chi connectivity index (χ3v) is 9.72. The summed E-state index contributed by atoms with van der Waals surface area (Å²) in [7, 11) is 2.08. The molecule has 0 saturated heterocycles. The van der Waals surface area contributed by atoms with E-state index in [9.17, 15) is 0 Å². The van der Waals surface area contributed by atoms with Crippen LogP contribution in [0.25, 0.3) is 22.5 Å². The highest BCUT2D eigenvalue weighted by atomic mass is 35.5. The van der Waals surface area contributed by atoms with Crippen molar-refractivity contribution in [2.75, 3.05) is 11.9 Å². The van der Waals surface area contributed by atoms with Gasteiger partial charge in [-0.1, -0.05) is 165 Å². The molecule has 2 heterocycles. The summed E-state index contributed by atoms with van der Waals surface area (Å²) >= 11 is 6.79. The first-order chi connectivity index (χ1) is 24.5. The molecule has 0 aliphatic heterocycles. The van der Waals surface area contributed by atoms with E-state index in [-0.39, 0.29) is 0 Å². The lowest BCUT2D eigenvalue weighted by atomic mass is 9.77. The van der Waals surface area contributed by atoms with Crippen molar-refractivity contribution in [2.24, 2.45) is 0 Å². The highest BCUT2D eigenvalue weighted by Gasteiger charge is 2.41. The van der Waals surface area contributed by atoms with Crippen LogP contribution in [-0.4, -0.2) is 32.2 Å². The number of hydrogen-bond donors (Lipinski definition) is 0. The van der Waals surface area contributed by atoms with Crippen molar-refractivity contribution in [3.05, 3.63) is 184 Å². The minimum atomic E-state index is -0.842. The molecule has 6 nitrogen and oxygen atoms in total. The van der Waals surface area contributed by atoms with Crippen molar-refractivity contribution in [3.63, 3.8) is 0 Å². The normalized spacial score (nSPS) is 11.4. The Morgan fingerprint density at radius 1 is 0.660 bits per heavy atom. The van der Waals surface area contributed by atoms with Gasteiger partial charge in [0.05, 0.1) is 16.4 Å². The third kappa shape index (κ3) is 6.19. The average molecular weight is 675 g/mol. The maximum atomic E-state index is 6.79. The first kappa shape index (κ1) is 32.9. The van der Waals surface area contributed by atoms with E-state index in [4.69, 9.17) is 32.0 Å². The molecule has 0 saturated carbocycles. The Hall–Kier alpha value is -5.59. The summed E-state index contributed by atoms with van der Waals surface area (Å²) in [4.78, 5) is 8.70. The van der Waals surface area contributed by atoms with Gasteiger partial charge in [-0.3, -0.25) is 4.98 Å². The number of anilines is 1. The molecule has 7 aromatic rings. The summed E-state index contributed by atoms with van der Waals surface area (Å²) in [6, 6.07) is 50.2. The standard InChI is InChI=1S/C43H39ClN6/c1-4-36-29-40(41(44)39(5-2)45-36)49(3)30-31-25-27-32(28-26-31)37-23-15-16-24-38(37)42-46-48-50(47-42)43(33-17-9-6-10-18-33,34-19-11-7-12-20-34)35-21-13-8-14-22-35/h6-29H,4-5,30H2,1-3H3. The molecule has 0 atom stereocenters. The van der Waals surface area contributed by atoms with E-state index >= 15 is 0 Å². The number of nitrogens with zero attached hydrogens (tertiary/aromatic N) is 6. The Morgan fingerprint density at radius 2 is 1.20 bits per heavy atom. The number of tetrazole rings is 1. The van der Waals surface area contributed by atoms with Crippen LogP contribution in [0.1, 0.15) is 47.5 Å². The van der Waals surface area contributed by atoms with Crippen LogP contribution in [0.3, 0.4) is 0 Å². The van der Waals surface area contributed by atoms with E-state index in [0.29, 0.717) is 12.4 Å². The van der Waals surface area contributed by atoms with Gasteiger partial charge in [-0.25, -0.2) is 0 Å². The first-order valence-electron chi connectivity index (χ1n) is 17.1. The van der Waals surface area contributed by atoms with Crippen LogP contribution < -0.4 is 4.90 Å². The topological polar surface area (TPSA) is 59.7 Å². The summed E-state index contributed by atoms with van der Waals surface area (Å²) < 4.78 is 0. The van der Waals surface area contributed by atoms with Crippen molar-refractivity contribution >= 4 is 17.3 Å². The van der Waals surface area contributed by atoms with E-state index in [0.717, 1.165) is 68.3 Å². The largest absolute Gasteiger partial charge is 0.369 e. The minimum absolute atomic E-state index is 0.558. The fourth-order valence-corrected chi connectivity index (χ4v) is 7.12. The number of hydrogen-bond acceptors (Lipinski definition) is 5. The quantitative estimate of drug-likeness (QED) is 0.128. The predicted octanol–water partition coefficient (Wildman–Crippen LogP) is 9.66. The Balaban J connectivity index is 1.25. The van der Waals surface area contributed by atoms with Crippen molar-refractivity contribution in [1.29, 1.82) is 0 Å². The zero-order chi connectivity index (χ0) is 34.5. The van der Waals surface area contributed by atoms with Crippen LogP contribution in [0.15, 0.2) is 146 Å². The Kier molecular flexibility index (Phi) is 9.54.